The van der Waals surface area contributed by atoms with E-state index in [4.69, 9.17) is 4.42 Å². The topological polar surface area (TPSA) is 123 Å². The maximum atomic E-state index is 13.7. The van der Waals surface area contributed by atoms with Crippen LogP contribution in [0.5, 0.6) is 11.5 Å². The van der Waals surface area contributed by atoms with E-state index in [2.05, 4.69) is 19.4 Å². The van der Waals surface area contributed by atoms with Crippen LogP contribution < -0.4 is 9.47 Å². The summed E-state index contributed by atoms with van der Waals surface area (Å²) in [5.41, 5.74) is 3.88. The van der Waals surface area contributed by atoms with Crippen molar-refractivity contribution in [2.24, 2.45) is 0 Å². The van der Waals surface area contributed by atoms with E-state index in [0.717, 1.165) is 0 Å². The van der Waals surface area contributed by atoms with Crippen molar-refractivity contribution in [1.29, 1.82) is 0 Å². The van der Waals surface area contributed by atoms with Crippen LogP contribution in [-0.4, -0.2) is 34.7 Å². The minimum atomic E-state index is -3.77. The molecule has 2 aromatic heterocycles. The molecule has 0 saturated carbocycles. The lowest BCUT2D eigenvalue weighted by Crippen LogP contribution is -2.25. The number of hydrogen-bond acceptors (Lipinski definition) is 8. The van der Waals surface area contributed by atoms with E-state index in [9.17, 15) is 22.6 Å². The number of imidazole rings is 1. The highest BCUT2D eigenvalue weighted by molar-refractivity contribution is 7.79. The largest absolute Gasteiger partial charge is 0.768 e. The standard InChI is InChI=1S/C29H23F2N3O6S/c1-15(35)23-14-34(16(2)32-23)24-9-7-19(18-5-4-6-21(11-18)41(36)37)12-22(24)27-28(38-17(3)33-27)20-8-10-25-26(13-20)40-29(30,31)39-25/h4-15,35H,1-3H3,(H,36,37)/p-1. The first kappa shape index (κ1) is 26.8. The molecule has 2 atom stereocenters. The van der Waals surface area contributed by atoms with Gasteiger partial charge in [-0.1, -0.05) is 18.2 Å². The van der Waals surface area contributed by atoms with Crippen molar-refractivity contribution in [2.75, 3.05) is 0 Å². The predicted molar refractivity (Wildman–Crippen MR) is 143 cm³/mol. The number of alkyl halides is 2. The molecule has 0 amide bonds. The van der Waals surface area contributed by atoms with Gasteiger partial charge in [0.15, 0.2) is 23.1 Å². The van der Waals surface area contributed by atoms with Gasteiger partial charge in [-0.2, -0.15) is 0 Å². The number of aliphatic hydroxyl groups excluding tert-OH is 1. The van der Waals surface area contributed by atoms with E-state index in [1.807, 2.05) is 18.2 Å². The third-order valence-corrected chi connectivity index (χ3v) is 7.24. The zero-order valence-corrected chi connectivity index (χ0v) is 22.7. The summed E-state index contributed by atoms with van der Waals surface area (Å²) in [6.07, 6.45) is -2.86. The predicted octanol–water partition coefficient (Wildman–Crippen LogP) is 6.09. The summed E-state index contributed by atoms with van der Waals surface area (Å²) in [7, 11) is 0. The van der Waals surface area contributed by atoms with Crippen LogP contribution in [0.25, 0.3) is 39.4 Å². The summed E-state index contributed by atoms with van der Waals surface area (Å²) >= 11 is -2.41. The summed E-state index contributed by atoms with van der Waals surface area (Å²) in [6, 6.07) is 16.3. The first-order chi connectivity index (χ1) is 19.5. The summed E-state index contributed by atoms with van der Waals surface area (Å²) in [5, 5.41) is 10.1. The van der Waals surface area contributed by atoms with Crippen LogP contribution in [0.1, 0.15) is 30.4 Å². The van der Waals surface area contributed by atoms with Gasteiger partial charge in [-0.05, 0) is 78.5 Å². The minimum Gasteiger partial charge on any atom is -0.768 e. The van der Waals surface area contributed by atoms with E-state index in [0.29, 0.717) is 56.8 Å². The molecule has 5 aromatic rings. The molecule has 6 rings (SSSR count). The summed E-state index contributed by atoms with van der Waals surface area (Å²) in [6.45, 7) is 5.08. The highest BCUT2D eigenvalue weighted by atomic mass is 32.2. The van der Waals surface area contributed by atoms with E-state index >= 15 is 0 Å². The molecule has 41 heavy (non-hydrogen) atoms. The number of aryl methyl sites for hydroxylation is 2. The Morgan fingerprint density at radius 1 is 0.976 bits per heavy atom. The van der Waals surface area contributed by atoms with Gasteiger partial charge >= 0.3 is 6.29 Å². The van der Waals surface area contributed by atoms with Gasteiger partial charge in [0, 0.05) is 29.1 Å². The molecule has 0 saturated heterocycles. The van der Waals surface area contributed by atoms with Crippen molar-refractivity contribution >= 4 is 11.1 Å². The van der Waals surface area contributed by atoms with Gasteiger partial charge in [0.2, 0.25) is 0 Å². The fraction of sp³-hybridized carbons (Fsp3) is 0.172. The van der Waals surface area contributed by atoms with E-state index in [-0.39, 0.29) is 16.4 Å². The Morgan fingerprint density at radius 3 is 2.44 bits per heavy atom. The SMILES string of the molecule is Cc1nc(-c2cc(-c3cccc(S(=O)[O-])c3)ccc2-n2cc(C(C)O)nc2C)c(-c2ccc3c(c2)OC(F)(F)O3)o1. The smallest absolute Gasteiger partial charge is 0.586 e. The molecule has 9 nitrogen and oxygen atoms in total. The van der Waals surface area contributed by atoms with E-state index < -0.39 is 23.5 Å². The average Bonchev–Trinajstić information content (AvgIpc) is 3.60. The number of ether oxygens (including phenoxy) is 2. The Bertz CT molecular complexity index is 1830. The van der Waals surface area contributed by atoms with Crippen LogP contribution in [0.3, 0.4) is 0 Å². The van der Waals surface area contributed by atoms with Crippen LogP contribution in [0, 0.1) is 13.8 Å². The normalized spacial score (nSPS) is 15.2. The average molecular weight is 579 g/mol. The molecule has 0 radical (unpaired) electrons. The number of benzene rings is 3. The molecular weight excluding hydrogens is 556 g/mol. The minimum absolute atomic E-state index is 0.102. The van der Waals surface area contributed by atoms with Gasteiger partial charge in [0.05, 0.1) is 17.5 Å². The van der Waals surface area contributed by atoms with Crippen molar-refractivity contribution < 1.29 is 36.5 Å². The zero-order valence-electron chi connectivity index (χ0n) is 21.9. The maximum absolute atomic E-state index is 13.7. The van der Waals surface area contributed by atoms with Gasteiger partial charge in [-0.25, -0.2) is 9.97 Å². The molecule has 3 aromatic carbocycles. The van der Waals surface area contributed by atoms with Crippen LogP contribution in [0.2, 0.25) is 0 Å². The third kappa shape index (κ3) is 5.01. The van der Waals surface area contributed by atoms with Crippen LogP contribution >= 0.6 is 0 Å². The number of nitrogens with zero attached hydrogens (tertiary/aromatic N) is 3. The number of rotatable bonds is 6. The number of aliphatic hydroxyl groups is 1. The van der Waals surface area contributed by atoms with Crippen LogP contribution in [0.15, 0.2) is 76.2 Å². The molecule has 0 spiro atoms. The molecule has 1 N–H and O–H groups in total. The highest BCUT2D eigenvalue weighted by Crippen LogP contribution is 2.45. The molecule has 0 fully saturated rings. The first-order valence-electron chi connectivity index (χ1n) is 12.5. The monoisotopic (exact) mass is 578 g/mol. The molecule has 210 valence electrons. The lowest BCUT2D eigenvalue weighted by atomic mass is 9.98. The quantitative estimate of drug-likeness (QED) is 0.240. The highest BCUT2D eigenvalue weighted by Gasteiger charge is 2.43. The lowest BCUT2D eigenvalue weighted by Gasteiger charge is -2.15. The fourth-order valence-corrected chi connectivity index (χ4v) is 5.14. The first-order valence-corrected chi connectivity index (χ1v) is 13.5. The summed E-state index contributed by atoms with van der Waals surface area (Å²) < 4.78 is 67.6. The Balaban J connectivity index is 1.56. The van der Waals surface area contributed by atoms with Gasteiger partial charge in [0.1, 0.15) is 11.5 Å². The molecule has 12 heteroatoms. The molecule has 3 heterocycles. The number of aromatic nitrogens is 3. The maximum Gasteiger partial charge on any atom is 0.586 e. The van der Waals surface area contributed by atoms with E-state index in [1.165, 1.54) is 18.2 Å². The van der Waals surface area contributed by atoms with Gasteiger partial charge in [-0.15, -0.1) is 8.78 Å². The number of oxazole rings is 1. The van der Waals surface area contributed by atoms with Crippen molar-refractivity contribution in [3.05, 3.63) is 84.3 Å². The van der Waals surface area contributed by atoms with Crippen molar-refractivity contribution in [3.63, 3.8) is 0 Å². The second-order valence-corrected chi connectivity index (χ2v) is 10.4. The second kappa shape index (κ2) is 9.91. The molecule has 2 unspecified atom stereocenters. The molecule has 0 bridgehead atoms. The van der Waals surface area contributed by atoms with Crippen molar-refractivity contribution in [2.45, 2.75) is 38.1 Å². The third-order valence-electron chi connectivity index (χ3n) is 6.60. The Kier molecular flexibility index (Phi) is 6.48. The summed E-state index contributed by atoms with van der Waals surface area (Å²) in [4.78, 5) is 9.25. The zero-order chi connectivity index (χ0) is 29.1. The number of halogens is 2. The molecule has 1 aliphatic rings. The lowest BCUT2D eigenvalue weighted by molar-refractivity contribution is -0.286. The van der Waals surface area contributed by atoms with Crippen LogP contribution in [-0.2, 0) is 11.1 Å². The number of hydrogen-bond donors (Lipinski definition) is 1. The molecular formula is C29H22F2N3O6S-. The second-order valence-electron chi connectivity index (χ2n) is 9.49. The van der Waals surface area contributed by atoms with Gasteiger partial charge in [-0.3, -0.25) is 4.21 Å². The van der Waals surface area contributed by atoms with E-state index in [1.54, 1.807) is 55.8 Å². The Labute approximate surface area is 235 Å². The van der Waals surface area contributed by atoms with Gasteiger partial charge < -0.3 is 28.1 Å². The molecule has 1 aliphatic heterocycles. The fourth-order valence-electron chi connectivity index (χ4n) is 4.73. The molecule has 0 aliphatic carbocycles. The summed E-state index contributed by atoms with van der Waals surface area (Å²) in [5.74, 6) is 0.979. The van der Waals surface area contributed by atoms with Crippen molar-refractivity contribution in [1.82, 2.24) is 14.5 Å². The van der Waals surface area contributed by atoms with Crippen LogP contribution in [0.4, 0.5) is 8.78 Å². The Hall–Kier alpha value is -4.39. The number of fused-ring (bicyclic) bond motifs is 1. The van der Waals surface area contributed by atoms with Gasteiger partial charge in [0.25, 0.3) is 0 Å². The Morgan fingerprint density at radius 2 is 1.71 bits per heavy atom. The van der Waals surface area contributed by atoms with Crippen molar-refractivity contribution in [3.8, 4) is 50.9 Å².